The number of nitrogens with one attached hydrogen (secondary N) is 1. The molecular weight excluding hydrogens is 362 g/mol. The molecule has 4 nitrogen and oxygen atoms in total. The standard InChI is InChI=1S/C13H14FIN2O2/c1-17(7-12(18)16-9-3-4-9)13(19)10-5-2-8(14)6-11(10)15/h2,5-6,9H,3-4,7H2,1H3,(H,16,18). The van der Waals surface area contributed by atoms with Crippen molar-refractivity contribution in [2.75, 3.05) is 13.6 Å². The van der Waals surface area contributed by atoms with Crippen molar-refractivity contribution in [2.45, 2.75) is 18.9 Å². The lowest BCUT2D eigenvalue weighted by Gasteiger charge is -2.17. The van der Waals surface area contributed by atoms with Gasteiger partial charge in [0.1, 0.15) is 5.82 Å². The zero-order valence-electron chi connectivity index (χ0n) is 10.5. The van der Waals surface area contributed by atoms with Crippen LogP contribution in [0.3, 0.4) is 0 Å². The topological polar surface area (TPSA) is 49.4 Å². The van der Waals surface area contributed by atoms with Gasteiger partial charge in [0.25, 0.3) is 5.91 Å². The molecule has 0 unspecified atom stereocenters. The average Bonchev–Trinajstić information content (AvgIpc) is 3.11. The maximum Gasteiger partial charge on any atom is 0.255 e. The van der Waals surface area contributed by atoms with Crippen LogP contribution in [-0.2, 0) is 4.79 Å². The highest BCUT2D eigenvalue weighted by Gasteiger charge is 2.24. The predicted octanol–water partition coefficient (Wildman–Crippen LogP) is 1.78. The van der Waals surface area contributed by atoms with Gasteiger partial charge in [0.2, 0.25) is 5.91 Å². The van der Waals surface area contributed by atoms with Gasteiger partial charge in [-0.3, -0.25) is 9.59 Å². The summed E-state index contributed by atoms with van der Waals surface area (Å²) < 4.78 is 13.5. The summed E-state index contributed by atoms with van der Waals surface area (Å²) in [5.41, 5.74) is 0.406. The Labute approximate surface area is 124 Å². The van der Waals surface area contributed by atoms with E-state index in [1.807, 2.05) is 22.6 Å². The van der Waals surface area contributed by atoms with Gasteiger partial charge < -0.3 is 10.2 Å². The minimum absolute atomic E-state index is 0.0167. The number of likely N-dealkylation sites (N-methyl/N-ethyl adjacent to an activating group) is 1. The highest BCUT2D eigenvalue weighted by Crippen LogP contribution is 2.18. The molecule has 0 saturated heterocycles. The van der Waals surface area contributed by atoms with Crippen LogP contribution in [0.15, 0.2) is 18.2 Å². The van der Waals surface area contributed by atoms with Crippen LogP contribution in [0, 0.1) is 9.39 Å². The average molecular weight is 376 g/mol. The van der Waals surface area contributed by atoms with E-state index >= 15 is 0 Å². The van der Waals surface area contributed by atoms with Gasteiger partial charge in [-0.05, 0) is 53.6 Å². The molecule has 0 atom stereocenters. The molecule has 6 heteroatoms. The van der Waals surface area contributed by atoms with Crippen molar-refractivity contribution in [3.8, 4) is 0 Å². The first kappa shape index (κ1) is 14.2. The van der Waals surface area contributed by atoms with Crippen molar-refractivity contribution in [3.63, 3.8) is 0 Å². The third-order valence-electron chi connectivity index (χ3n) is 2.83. The van der Waals surface area contributed by atoms with E-state index in [9.17, 15) is 14.0 Å². The maximum atomic E-state index is 13.0. The van der Waals surface area contributed by atoms with Crippen LogP contribution in [0.1, 0.15) is 23.2 Å². The van der Waals surface area contributed by atoms with Crippen molar-refractivity contribution < 1.29 is 14.0 Å². The fourth-order valence-corrected chi connectivity index (χ4v) is 2.36. The molecule has 1 aliphatic carbocycles. The second-order valence-electron chi connectivity index (χ2n) is 4.63. The van der Waals surface area contributed by atoms with E-state index in [1.165, 1.54) is 23.1 Å². The first-order valence-electron chi connectivity index (χ1n) is 5.97. The Morgan fingerprint density at radius 1 is 1.47 bits per heavy atom. The van der Waals surface area contributed by atoms with Crippen molar-refractivity contribution in [1.82, 2.24) is 10.2 Å². The van der Waals surface area contributed by atoms with Gasteiger partial charge in [-0.25, -0.2) is 4.39 Å². The zero-order chi connectivity index (χ0) is 14.0. The molecule has 0 radical (unpaired) electrons. The summed E-state index contributed by atoms with van der Waals surface area (Å²) in [5.74, 6) is -0.819. The Bertz CT molecular complexity index is 517. The molecular formula is C13H14FIN2O2. The summed E-state index contributed by atoms with van der Waals surface area (Å²) >= 11 is 1.91. The van der Waals surface area contributed by atoms with Crippen LogP contribution in [0.25, 0.3) is 0 Å². The molecule has 1 fully saturated rings. The normalized spacial score (nSPS) is 14.1. The molecule has 102 valence electrons. The molecule has 1 aliphatic rings. The van der Waals surface area contributed by atoms with Gasteiger partial charge in [-0.2, -0.15) is 0 Å². The van der Waals surface area contributed by atoms with Crippen molar-refractivity contribution >= 4 is 34.4 Å². The number of nitrogens with zero attached hydrogens (tertiary/aromatic N) is 1. The van der Waals surface area contributed by atoms with Crippen LogP contribution in [0.2, 0.25) is 0 Å². The number of hydrogen-bond donors (Lipinski definition) is 1. The van der Waals surface area contributed by atoms with Crippen LogP contribution >= 0.6 is 22.6 Å². The summed E-state index contributed by atoms with van der Waals surface area (Å²) in [4.78, 5) is 25.1. The molecule has 0 bridgehead atoms. The number of hydrogen-bond acceptors (Lipinski definition) is 2. The first-order chi connectivity index (χ1) is 8.97. The maximum absolute atomic E-state index is 13.0. The van der Waals surface area contributed by atoms with Gasteiger partial charge in [-0.1, -0.05) is 0 Å². The van der Waals surface area contributed by atoms with Crippen molar-refractivity contribution in [2.24, 2.45) is 0 Å². The molecule has 0 aliphatic heterocycles. The minimum atomic E-state index is -0.380. The lowest BCUT2D eigenvalue weighted by Crippen LogP contribution is -2.39. The van der Waals surface area contributed by atoms with E-state index in [2.05, 4.69) is 5.32 Å². The lowest BCUT2D eigenvalue weighted by molar-refractivity contribution is -0.121. The van der Waals surface area contributed by atoms with E-state index in [-0.39, 0.29) is 30.2 Å². The van der Waals surface area contributed by atoms with Gasteiger partial charge in [0, 0.05) is 16.7 Å². The highest BCUT2D eigenvalue weighted by atomic mass is 127. The molecule has 1 aromatic carbocycles. The molecule has 2 rings (SSSR count). The summed E-state index contributed by atoms with van der Waals surface area (Å²) in [6.45, 7) is 0.0167. The van der Waals surface area contributed by atoms with Crippen LogP contribution < -0.4 is 5.32 Å². The summed E-state index contributed by atoms with van der Waals surface area (Å²) in [6.07, 6.45) is 2.03. The van der Waals surface area contributed by atoms with Gasteiger partial charge >= 0.3 is 0 Å². The minimum Gasteiger partial charge on any atom is -0.352 e. The van der Waals surface area contributed by atoms with Crippen LogP contribution in [-0.4, -0.2) is 36.3 Å². The van der Waals surface area contributed by atoms with Crippen molar-refractivity contribution in [1.29, 1.82) is 0 Å². The van der Waals surface area contributed by atoms with Gasteiger partial charge in [0.15, 0.2) is 0 Å². The smallest absolute Gasteiger partial charge is 0.255 e. The fourth-order valence-electron chi connectivity index (χ4n) is 1.66. The zero-order valence-corrected chi connectivity index (χ0v) is 12.6. The second kappa shape index (κ2) is 5.85. The SMILES string of the molecule is CN(CC(=O)NC1CC1)C(=O)c1ccc(F)cc1I. The Morgan fingerprint density at radius 3 is 2.74 bits per heavy atom. The van der Waals surface area contributed by atoms with Gasteiger partial charge in [-0.15, -0.1) is 0 Å². The molecule has 1 aromatic rings. The third-order valence-corrected chi connectivity index (χ3v) is 3.72. The molecule has 0 spiro atoms. The number of amides is 2. The summed E-state index contributed by atoms with van der Waals surface area (Å²) in [5, 5.41) is 2.82. The quantitative estimate of drug-likeness (QED) is 0.815. The third kappa shape index (κ3) is 3.89. The van der Waals surface area contributed by atoms with E-state index in [4.69, 9.17) is 0 Å². The Morgan fingerprint density at radius 2 is 2.16 bits per heavy atom. The number of halogens is 2. The summed E-state index contributed by atoms with van der Waals surface area (Å²) in [7, 11) is 1.56. The molecule has 0 heterocycles. The monoisotopic (exact) mass is 376 g/mol. The van der Waals surface area contributed by atoms with E-state index < -0.39 is 0 Å². The highest BCUT2D eigenvalue weighted by molar-refractivity contribution is 14.1. The van der Waals surface area contributed by atoms with Crippen molar-refractivity contribution in [3.05, 3.63) is 33.1 Å². The molecule has 1 N–H and O–H groups in total. The van der Waals surface area contributed by atoms with E-state index in [1.54, 1.807) is 7.05 Å². The summed E-state index contributed by atoms with van der Waals surface area (Å²) in [6, 6.07) is 4.26. The Kier molecular flexibility index (Phi) is 4.38. The van der Waals surface area contributed by atoms with Crippen LogP contribution in [0.5, 0.6) is 0 Å². The number of carbonyl (C=O) groups excluding carboxylic acids is 2. The molecule has 19 heavy (non-hydrogen) atoms. The largest absolute Gasteiger partial charge is 0.352 e. The number of rotatable bonds is 4. The molecule has 0 aromatic heterocycles. The number of benzene rings is 1. The number of carbonyl (C=O) groups is 2. The molecule has 2 amide bonds. The fraction of sp³-hybridized carbons (Fsp3) is 0.385. The predicted molar refractivity (Wildman–Crippen MR) is 77.2 cm³/mol. The second-order valence-corrected chi connectivity index (χ2v) is 5.79. The van der Waals surface area contributed by atoms with E-state index in [0.717, 1.165) is 12.8 Å². The van der Waals surface area contributed by atoms with E-state index in [0.29, 0.717) is 9.13 Å². The molecule has 1 saturated carbocycles. The first-order valence-corrected chi connectivity index (χ1v) is 7.05. The van der Waals surface area contributed by atoms with Crippen LogP contribution in [0.4, 0.5) is 4.39 Å². The Balaban J connectivity index is 1.99. The lowest BCUT2D eigenvalue weighted by atomic mass is 10.2. The Hall–Kier alpha value is -1.18. The van der Waals surface area contributed by atoms with Gasteiger partial charge in [0.05, 0.1) is 12.1 Å².